The fourth-order valence-electron chi connectivity index (χ4n) is 3.69. The fraction of sp³-hybridized carbons (Fsp3) is 0.522. The number of methoxy groups -OCH3 is 1. The van der Waals surface area contributed by atoms with Crippen LogP contribution < -0.4 is 19.1 Å². The van der Waals surface area contributed by atoms with Gasteiger partial charge >= 0.3 is 0 Å². The van der Waals surface area contributed by atoms with Gasteiger partial charge in [-0.3, -0.25) is 0 Å². The third kappa shape index (κ3) is 5.40. The molecule has 0 bridgehead atoms. The number of carbonyl (C=O) groups is 1. The normalized spacial score (nSPS) is 16.9. The van der Waals surface area contributed by atoms with Crippen LogP contribution in [0.15, 0.2) is 30.6 Å². The average Bonchev–Trinajstić information content (AvgIpc) is 3.20. The van der Waals surface area contributed by atoms with Gasteiger partial charge in [-0.15, -0.1) is 0 Å². The highest BCUT2D eigenvalue weighted by Crippen LogP contribution is 2.36. The van der Waals surface area contributed by atoms with Crippen LogP contribution in [0, 0.1) is 0 Å². The van der Waals surface area contributed by atoms with E-state index >= 15 is 0 Å². The summed E-state index contributed by atoms with van der Waals surface area (Å²) in [6.07, 6.45) is 3.92. The van der Waals surface area contributed by atoms with Crippen LogP contribution in [0.2, 0.25) is 0 Å². The number of benzene rings is 1. The second-order valence-electron chi connectivity index (χ2n) is 7.73. The Hall–Kier alpha value is -2.83. The van der Waals surface area contributed by atoms with Crippen molar-refractivity contribution >= 4 is 11.6 Å². The van der Waals surface area contributed by atoms with Crippen molar-refractivity contribution < 1.29 is 19.0 Å². The Morgan fingerprint density at radius 3 is 2.70 bits per heavy atom. The maximum Gasteiger partial charge on any atom is 0.262 e. The molecule has 3 rings (SSSR count). The van der Waals surface area contributed by atoms with Crippen LogP contribution in [0.25, 0.3) is 0 Å². The molecule has 2 aromatic rings. The lowest BCUT2D eigenvalue weighted by molar-refractivity contribution is -0.117. The second-order valence-corrected chi connectivity index (χ2v) is 7.73. The molecule has 30 heavy (non-hydrogen) atoms. The third-order valence-electron chi connectivity index (χ3n) is 5.19. The molecule has 1 aromatic carbocycles. The van der Waals surface area contributed by atoms with Gasteiger partial charge in [0.15, 0.2) is 5.82 Å². The number of hydrogen-bond acceptors (Lipinski definition) is 7. The van der Waals surface area contributed by atoms with Gasteiger partial charge < -0.3 is 23.9 Å². The molecular formula is C23H31N3O4. The van der Waals surface area contributed by atoms with Crippen molar-refractivity contribution in [3.63, 3.8) is 0 Å². The molecule has 1 aliphatic rings. The Morgan fingerprint density at radius 1 is 1.27 bits per heavy atom. The Kier molecular flexibility index (Phi) is 7.49. The molecule has 7 nitrogen and oxygen atoms in total. The molecule has 0 spiro atoms. The third-order valence-corrected chi connectivity index (χ3v) is 5.19. The molecule has 1 aliphatic heterocycles. The predicted molar refractivity (Wildman–Crippen MR) is 116 cm³/mol. The molecule has 7 heteroatoms. The molecular weight excluding hydrogens is 382 g/mol. The van der Waals surface area contributed by atoms with Gasteiger partial charge in [0.1, 0.15) is 24.0 Å². The van der Waals surface area contributed by atoms with Gasteiger partial charge in [-0.25, -0.2) is 4.98 Å². The molecule has 0 radical (unpaired) electrons. The lowest BCUT2D eigenvalue weighted by Gasteiger charge is -2.21. The van der Waals surface area contributed by atoms with Gasteiger partial charge in [0.25, 0.3) is 5.88 Å². The molecule has 2 atom stereocenters. The summed E-state index contributed by atoms with van der Waals surface area (Å²) in [7, 11) is 1.61. The Bertz CT molecular complexity index is 841. The highest BCUT2D eigenvalue weighted by Gasteiger charge is 2.29. The molecule has 0 saturated carbocycles. The molecule has 0 N–H and O–H groups in total. The number of hydrogen-bond donors (Lipinski definition) is 0. The first-order valence-corrected chi connectivity index (χ1v) is 10.5. The SMILES string of the molecule is CCCOc1ncnc(N2CC[C@@H](Oc3ccc([C@H](C)CC(C)=O)cc3)C2)c1OC. The molecule has 0 unspecified atom stereocenters. The Morgan fingerprint density at radius 2 is 2.03 bits per heavy atom. The van der Waals surface area contributed by atoms with Crippen LogP contribution in [-0.2, 0) is 4.79 Å². The van der Waals surface area contributed by atoms with Crippen LogP contribution in [0.4, 0.5) is 5.82 Å². The molecule has 0 amide bonds. The van der Waals surface area contributed by atoms with Crippen molar-refractivity contribution in [2.45, 2.75) is 52.1 Å². The van der Waals surface area contributed by atoms with E-state index in [-0.39, 0.29) is 17.8 Å². The summed E-state index contributed by atoms with van der Waals surface area (Å²) in [6, 6.07) is 8.05. The molecule has 1 saturated heterocycles. The van der Waals surface area contributed by atoms with Gasteiger partial charge in [-0.1, -0.05) is 26.0 Å². The molecule has 0 aliphatic carbocycles. The van der Waals surface area contributed by atoms with Gasteiger partial charge in [-0.2, -0.15) is 4.98 Å². The Labute approximate surface area is 178 Å². The lowest BCUT2D eigenvalue weighted by Crippen LogP contribution is -2.26. The smallest absolute Gasteiger partial charge is 0.262 e. The largest absolute Gasteiger partial charge is 0.489 e. The Balaban J connectivity index is 1.63. The van der Waals surface area contributed by atoms with E-state index in [2.05, 4.69) is 21.8 Å². The van der Waals surface area contributed by atoms with Gasteiger partial charge in [0.2, 0.25) is 5.75 Å². The van der Waals surface area contributed by atoms with E-state index in [4.69, 9.17) is 14.2 Å². The monoisotopic (exact) mass is 413 g/mol. The first kappa shape index (κ1) is 21.9. The van der Waals surface area contributed by atoms with Crippen LogP contribution in [0.1, 0.15) is 51.5 Å². The zero-order valence-corrected chi connectivity index (χ0v) is 18.3. The predicted octanol–water partition coefficient (Wildman–Crippen LogP) is 4.01. The molecule has 162 valence electrons. The summed E-state index contributed by atoms with van der Waals surface area (Å²) in [4.78, 5) is 22.1. The molecule has 1 fully saturated rings. The first-order chi connectivity index (χ1) is 14.5. The number of rotatable bonds is 10. The zero-order valence-electron chi connectivity index (χ0n) is 18.3. The lowest BCUT2D eigenvalue weighted by atomic mass is 9.96. The number of carbonyl (C=O) groups excluding carboxylic acids is 1. The second kappa shape index (κ2) is 10.3. The van der Waals surface area contributed by atoms with Gasteiger partial charge in [0, 0.05) is 19.4 Å². The van der Waals surface area contributed by atoms with Crippen molar-refractivity contribution in [1.29, 1.82) is 0 Å². The topological polar surface area (TPSA) is 73.8 Å². The van der Waals surface area contributed by atoms with Crippen molar-refractivity contribution in [3.8, 4) is 17.4 Å². The summed E-state index contributed by atoms with van der Waals surface area (Å²) in [5.74, 6) is 3.03. The number of ether oxygens (including phenoxy) is 3. The van der Waals surface area contributed by atoms with Crippen LogP contribution in [0.5, 0.6) is 17.4 Å². The zero-order chi connectivity index (χ0) is 21.5. The summed E-state index contributed by atoms with van der Waals surface area (Å²) in [6.45, 7) is 7.86. The summed E-state index contributed by atoms with van der Waals surface area (Å²) >= 11 is 0. The number of nitrogens with zero attached hydrogens (tertiary/aromatic N) is 3. The maximum atomic E-state index is 11.3. The number of Topliss-reactive ketones (excluding diaryl/α,β-unsaturated/α-hetero) is 1. The molecule has 1 aromatic heterocycles. The van der Waals surface area contributed by atoms with Crippen molar-refractivity contribution in [2.75, 3.05) is 31.7 Å². The maximum absolute atomic E-state index is 11.3. The number of anilines is 1. The first-order valence-electron chi connectivity index (χ1n) is 10.5. The van der Waals surface area contributed by atoms with Crippen molar-refractivity contribution in [1.82, 2.24) is 9.97 Å². The standard InChI is InChI=1S/C23H31N3O4/c1-5-12-29-23-21(28-4)22(24-15-25-23)26-11-10-20(14-26)30-19-8-6-18(7-9-19)16(2)13-17(3)27/h6-9,15-16,20H,5,10-14H2,1-4H3/t16-,20-/m1/s1. The van der Waals surface area contributed by atoms with E-state index in [1.165, 1.54) is 6.33 Å². The fourth-order valence-corrected chi connectivity index (χ4v) is 3.69. The van der Waals surface area contributed by atoms with E-state index in [0.717, 1.165) is 36.5 Å². The summed E-state index contributed by atoms with van der Waals surface area (Å²) < 4.78 is 17.4. The van der Waals surface area contributed by atoms with Gasteiger partial charge in [-0.05, 0) is 37.0 Å². The van der Waals surface area contributed by atoms with E-state index in [9.17, 15) is 4.79 Å². The van der Waals surface area contributed by atoms with E-state index in [0.29, 0.717) is 31.2 Å². The highest BCUT2D eigenvalue weighted by molar-refractivity contribution is 5.76. The van der Waals surface area contributed by atoms with Crippen LogP contribution >= 0.6 is 0 Å². The summed E-state index contributed by atoms with van der Waals surface area (Å²) in [5, 5.41) is 0. The summed E-state index contributed by atoms with van der Waals surface area (Å²) in [5.41, 5.74) is 1.15. The minimum atomic E-state index is 0.0603. The van der Waals surface area contributed by atoms with Crippen LogP contribution in [0.3, 0.4) is 0 Å². The van der Waals surface area contributed by atoms with Crippen molar-refractivity contribution in [2.24, 2.45) is 0 Å². The molecule has 2 heterocycles. The number of aromatic nitrogens is 2. The minimum Gasteiger partial charge on any atom is -0.489 e. The average molecular weight is 414 g/mol. The van der Waals surface area contributed by atoms with Crippen molar-refractivity contribution in [3.05, 3.63) is 36.2 Å². The van der Waals surface area contributed by atoms with Gasteiger partial charge in [0.05, 0.1) is 20.3 Å². The van der Waals surface area contributed by atoms with Crippen LogP contribution in [-0.4, -0.2) is 48.7 Å². The quantitative estimate of drug-likeness (QED) is 0.582. The van der Waals surface area contributed by atoms with E-state index in [1.54, 1.807) is 14.0 Å². The van der Waals surface area contributed by atoms with E-state index < -0.39 is 0 Å². The van der Waals surface area contributed by atoms with E-state index in [1.807, 2.05) is 31.2 Å². The highest BCUT2D eigenvalue weighted by atomic mass is 16.5. The number of ketones is 1. The minimum absolute atomic E-state index is 0.0603.